The standard InChI is InChI=1S/C9H10ClNO2/c1-3-6-4-7(9(12)13-2)11-8(10)5-6/h4-5H,3H2,1-2H3. The number of aryl methyl sites for hydroxylation is 1. The number of carbonyl (C=O) groups excluding carboxylic acids is 1. The number of ether oxygens (including phenoxy) is 1. The van der Waals surface area contributed by atoms with Crippen molar-refractivity contribution >= 4 is 17.6 Å². The lowest BCUT2D eigenvalue weighted by Gasteiger charge is -2.01. The van der Waals surface area contributed by atoms with Crippen LogP contribution in [0.3, 0.4) is 0 Å². The number of halogens is 1. The molecule has 0 atom stereocenters. The predicted molar refractivity (Wildman–Crippen MR) is 50.0 cm³/mol. The molecule has 1 aromatic heterocycles. The van der Waals surface area contributed by atoms with Gasteiger partial charge < -0.3 is 4.74 Å². The van der Waals surface area contributed by atoms with E-state index < -0.39 is 5.97 Å². The van der Waals surface area contributed by atoms with Gasteiger partial charge in [0.05, 0.1) is 7.11 Å². The van der Waals surface area contributed by atoms with E-state index >= 15 is 0 Å². The molecule has 3 nitrogen and oxygen atoms in total. The number of rotatable bonds is 2. The van der Waals surface area contributed by atoms with E-state index in [1.54, 1.807) is 12.1 Å². The van der Waals surface area contributed by atoms with Gasteiger partial charge in [0.1, 0.15) is 10.8 Å². The molecule has 0 saturated carbocycles. The second-order valence-corrected chi connectivity index (χ2v) is 2.92. The van der Waals surface area contributed by atoms with Crippen LogP contribution in [-0.2, 0) is 11.2 Å². The summed E-state index contributed by atoms with van der Waals surface area (Å²) in [4.78, 5) is 14.9. The number of aromatic nitrogens is 1. The molecule has 70 valence electrons. The maximum absolute atomic E-state index is 11.1. The highest BCUT2D eigenvalue weighted by Crippen LogP contribution is 2.11. The molecule has 0 aliphatic rings. The zero-order valence-electron chi connectivity index (χ0n) is 7.50. The van der Waals surface area contributed by atoms with Crippen LogP contribution in [0.1, 0.15) is 23.0 Å². The fourth-order valence-electron chi connectivity index (χ4n) is 0.963. The molecular weight excluding hydrogens is 190 g/mol. The maximum atomic E-state index is 11.1. The van der Waals surface area contributed by atoms with Crippen LogP contribution < -0.4 is 0 Å². The quantitative estimate of drug-likeness (QED) is 0.541. The maximum Gasteiger partial charge on any atom is 0.356 e. The summed E-state index contributed by atoms with van der Waals surface area (Å²) in [5, 5.41) is 0.319. The van der Waals surface area contributed by atoms with E-state index in [2.05, 4.69) is 9.72 Å². The summed E-state index contributed by atoms with van der Waals surface area (Å²) in [7, 11) is 1.32. The Hall–Kier alpha value is -1.09. The van der Waals surface area contributed by atoms with Crippen molar-refractivity contribution in [1.29, 1.82) is 0 Å². The van der Waals surface area contributed by atoms with Crippen LogP contribution in [0.4, 0.5) is 0 Å². The van der Waals surface area contributed by atoms with Gasteiger partial charge in [-0.05, 0) is 24.1 Å². The molecule has 0 fully saturated rings. The van der Waals surface area contributed by atoms with Crippen molar-refractivity contribution in [2.24, 2.45) is 0 Å². The highest BCUT2D eigenvalue weighted by atomic mass is 35.5. The molecule has 0 N–H and O–H groups in total. The SMILES string of the molecule is CCc1cc(Cl)nc(C(=O)OC)c1. The molecule has 0 aliphatic carbocycles. The molecule has 0 radical (unpaired) electrons. The zero-order chi connectivity index (χ0) is 9.84. The summed E-state index contributed by atoms with van der Waals surface area (Å²) < 4.78 is 4.53. The Morgan fingerprint density at radius 3 is 2.85 bits per heavy atom. The highest BCUT2D eigenvalue weighted by Gasteiger charge is 2.08. The van der Waals surface area contributed by atoms with Crippen molar-refractivity contribution in [3.63, 3.8) is 0 Å². The molecule has 1 aromatic rings. The number of carbonyl (C=O) groups is 1. The Labute approximate surface area is 81.7 Å². The minimum Gasteiger partial charge on any atom is -0.464 e. The Balaban J connectivity index is 3.08. The van der Waals surface area contributed by atoms with Crippen molar-refractivity contribution in [2.45, 2.75) is 13.3 Å². The molecule has 0 amide bonds. The van der Waals surface area contributed by atoms with Crippen LogP contribution in [0, 0.1) is 0 Å². The van der Waals surface area contributed by atoms with Gasteiger partial charge >= 0.3 is 5.97 Å². The van der Waals surface area contributed by atoms with Crippen LogP contribution in [0.15, 0.2) is 12.1 Å². The summed E-state index contributed by atoms with van der Waals surface area (Å²) in [5.74, 6) is -0.461. The second-order valence-electron chi connectivity index (χ2n) is 2.53. The first kappa shape index (κ1) is 9.99. The van der Waals surface area contributed by atoms with E-state index in [4.69, 9.17) is 11.6 Å². The Morgan fingerprint density at radius 1 is 1.62 bits per heavy atom. The van der Waals surface area contributed by atoms with Crippen LogP contribution in [-0.4, -0.2) is 18.1 Å². The van der Waals surface area contributed by atoms with Gasteiger partial charge in [-0.15, -0.1) is 0 Å². The molecule has 0 aliphatic heterocycles. The van der Waals surface area contributed by atoms with Gasteiger partial charge in [0, 0.05) is 0 Å². The lowest BCUT2D eigenvalue weighted by Crippen LogP contribution is -2.05. The van der Waals surface area contributed by atoms with Crippen LogP contribution in [0.5, 0.6) is 0 Å². The van der Waals surface area contributed by atoms with Crippen molar-refractivity contribution in [2.75, 3.05) is 7.11 Å². The number of hydrogen-bond acceptors (Lipinski definition) is 3. The average Bonchev–Trinajstić information content (AvgIpc) is 2.15. The molecular formula is C9H10ClNO2. The first-order valence-electron chi connectivity index (χ1n) is 3.92. The fraction of sp³-hybridized carbons (Fsp3) is 0.333. The van der Waals surface area contributed by atoms with Gasteiger partial charge in [0.2, 0.25) is 0 Å². The van der Waals surface area contributed by atoms with Gasteiger partial charge in [0.15, 0.2) is 0 Å². The Morgan fingerprint density at radius 2 is 2.31 bits per heavy atom. The normalized spacial score (nSPS) is 9.77. The summed E-state index contributed by atoms with van der Waals surface area (Å²) >= 11 is 5.71. The zero-order valence-corrected chi connectivity index (χ0v) is 8.26. The molecule has 0 saturated heterocycles. The number of pyridine rings is 1. The third-order valence-corrected chi connectivity index (χ3v) is 1.85. The number of nitrogens with zero attached hydrogens (tertiary/aromatic N) is 1. The van der Waals surface area contributed by atoms with E-state index in [9.17, 15) is 4.79 Å². The first-order valence-corrected chi connectivity index (χ1v) is 4.30. The summed E-state index contributed by atoms with van der Waals surface area (Å²) in [5.41, 5.74) is 1.23. The van der Waals surface area contributed by atoms with Crippen LogP contribution in [0.25, 0.3) is 0 Å². The molecule has 4 heteroatoms. The third-order valence-electron chi connectivity index (χ3n) is 1.66. The topological polar surface area (TPSA) is 39.2 Å². The summed E-state index contributed by atoms with van der Waals surface area (Å²) in [6.07, 6.45) is 0.812. The minimum absolute atomic E-state index is 0.256. The second kappa shape index (κ2) is 4.23. The third kappa shape index (κ3) is 2.42. The largest absolute Gasteiger partial charge is 0.464 e. The molecule has 0 aromatic carbocycles. The van der Waals surface area contributed by atoms with Gasteiger partial charge in [-0.1, -0.05) is 18.5 Å². The van der Waals surface area contributed by atoms with Crippen LogP contribution >= 0.6 is 11.6 Å². The van der Waals surface area contributed by atoms with Crippen molar-refractivity contribution in [3.05, 3.63) is 28.5 Å². The molecule has 0 bridgehead atoms. The van der Waals surface area contributed by atoms with Crippen molar-refractivity contribution < 1.29 is 9.53 Å². The Bertz CT molecular complexity index is 325. The number of hydrogen-bond donors (Lipinski definition) is 0. The summed E-state index contributed by atoms with van der Waals surface area (Å²) in [6.45, 7) is 1.98. The highest BCUT2D eigenvalue weighted by molar-refractivity contribution is 6.29. The van der Waals surface area contributed by atoms with Gasteiger partial charge in [0.25, 0.3) is 0 Å². The molecule has 1 rings (SSSR count). The monoisotopic (exact) mass is 199 g/mol. The summed E-state index contributed by atoms with van der Waals surface area (Å²) in [6, 6.07) is 3.41. The molecule has 13 heavy (non-hydrogen) atoms. The molecule has 1 heterocycles. The molecule has 0 unspecified atom stereocenters. The Kier molecular flexibility index (Phi) is 3.25. The van der Waals surface area contributed by atoms with Gasteiger partial charge in [-0.3, -0.25) is 0 Å². The van der Waals surface area contributed by atoms with E-state index in [0.717, 1.165) is 12.0 Å². The lowest BCUT2D eigenvalue weighted by molar-refractivity contribution is 0.0594. The molecule has 0 spiro atoms. The number of esters is 1. The van der Waals surface area contributed by atoms with E-state index in [-0.39, 0.29) is 5.69 Å². The van der Waals surface area contributed by atoms with Crippen molar-refractivity contribution in [3.8, 4) is 0 Å². The minimum atomic E-state index is -0.461. The smallest absolute Gasteiger partial charge is 0.356 e. The van der Waals surface area contributed by atoms with E-state index in [1.807, 2.05) is 6.92 Å². The van der Waals surface area contributed by atoms with Gasteiger partial charge in [-0.25, -0.2) is 9.78 Å². The first-order chi connectivity index (χ1) is 6.17. The van der Waals surface area contributed by atoms with E-state index in [1.165, 1.54) is 7.11 Å². The lowest BCUT2D eigenvalue weighted by atomic mass is 10.2. The van der Waals surface area contributed by atoms with Gasteiger partial charge in [-0.2, -0.15) is 0 Å². The average molecular weight is 200 g/mol. The fourth-order valence-corrected chi connectivity index (χ4v) is 1.19. The van der Waals surface area contributed by atoms with Crippen LogP contribution in [0.2, 0.25) is 5.15 Å². The number of methoxy groups -OCH3 is 1. The van der Waals surface area contributed by atoms with E-state index in [0.29, 0.717) is 5.15 Å². The predicted octanol–water partition coefficient (Wildman–Crippen LogP) is 2.08. The van der Waals surface area contributed by atoms with Crippen molar-refractivity contribution in [1.82, 2.24) is 4.98 Å².